The van der Waals surface area contributed by atoms with Crippen molar-refractivity contribution in [1.82, 2.24) is 0 Å². The first-order valence-corrected chi connectivity index (χ1v) is 11.4. The standard InChI is InChI=1S/C30H23F3O4/c1-3-16-36-23-12-13-24(26(31)17-23)20-8-10-22(11-9-20)30(35)37-27-15-14-25(28(32)29(27)33)21-6-4-19(5-7-21)18(2)34/h3-15,17-18,34H,1,16H2,2H3. The summed E-state index contributed by atoms with van der Waals surface area (Å²) in [5.74, 6) is -4.07. The topological polar surface area (TPSA) is 55.8 Å². The molecule has 1 atom stereocenters. The second kappa shape index (κ2) is 11.1. The molecule has 4 aromatic carbocycles. The number of hydrogen-bond acceptors (Lipinski definition) is 4. The fraction of sp³-hybridized carbons (Fsp3) is 0.100. The van der Waals surface area contributed by atoms with Gasteiger partial charge in [-0.15, -0.1) is 0 Å². The Balaban J connectivity index is 1.49. The van der Waals surface area contributed by atoms with E-state index in [4.69, 9.17) is 9.47 Å². The van der Waals surface area contributed by atoms with Gasteiger partial charge in [0.2, 0.25) is 5.82 Å². The van der Waals surface area contributed by atoms with Gasteiger partial charge in [-0.3, -0.25) is 0 Å². The Labute approximate surface area is 212 Å². The zero-order chi connectivity index (χ0) is 26.5. The SMILES string of the molecule is C=CCOc1ccc(-c2ccc(C(=O)Oc3ccc(-c4ccc(C(C)O)cc4)c(F)c3F)cc2)c(F)c1. The summed E-state index contributed by atoms with van der Waals surface area (Å²) in [4.78, 5) is 12.6. The Hall–Kier alpha value is -4.36. The van der Waals surface area contributed by atoms with Crippen LogP contribution in [0.5, 0.6) is 11.5 Å². The van der Waals surface area contributed by atoms with E-state index in [1.807, 2.05) is 0 Å². The number of ether oxygens (including phenoxy) is 2. The van der Waals surface area contributed by atoms with Crippen LogP contribution in [-0.4, -0.2) is 17.7 Å². The highest BCUT2D eigenvalue weighted by Gasteiger charge is 2.19. The van der Waals surface area contributed by atoms with Gasteiger partial charge < -0.3 is 14.6 Å². The van der Waals surface area contributed by atoms with Crippen molar-refractivity contribution in [2.45, 2.75) is 13.0 Å². The third-order valence-corrected chi connectivity index (χ3v) is 5.69. The second-order valence-corrected chi connectivity index (χ2v) is 8.25. The normalized spacial score (nSPS) is 11.6. The van der Waals surface area contributed by atoms with Crippen molar-refractivity contribution in [2.24, 2.45) is 0 Å². The average molecular weight is 505 g/mol. The first kappa shape index (κ1) is 25.7. The number of carbonyl (C=O) groups excluding carboxylic acids is 1. The van der Waals surface area contributed by atoms with Crippen LogP contribution in [0.3, 0.4) is 0 Å². The van der Waals surface area contributed by atoms with E-state index < -0.39 is 35.3 Å². The predicted molar refractivity (Wildman–Crippen MR) is 135 cm³/mol. The smallest absolute Gasteiger partial charge is 0.343 e. The molecule has 0 aliphatic rings. The van der Waals surface area contributed by atoms with Crippen LogP contribution in [0.4, 0.5) is 13.2 Å². The van der Waals surface area contributed by atoms with Crippen LogP contribution in [0, 0.1) is 17.5 Å². The second-order valence-electron chi connectivity index (χ2n) is 8.25. The maximum atomic E-state index is 14.8. The lowest BCUT2D eigenvalue weighted by atomic mass is 10.0. The van der Waals surface area contributed by atoms with Gasteiger partial charge in [-0.25, -0.2) is 13.6 Å². The first-order valence-electron chi connectivity index (χ1n) is 11.4. The van der Waals surface area contributed by atoms with Crippen LogP contribution in [0.15, 0.2) is 91.5 Å². The Bertz CT molecular complexity index is 1430. The summed E-state index contributed by atoms with van der Waals surface area (Å²) in [7, 11) is 0. The zero-order valence-electron chi connectivity index (χ0n) is 19.9. The van der Waals surface area contributed by atoms with E-state index in [0.717, 1.165) is 0 Å². The molecule has 0 fully saturated rings. The molecule has 0 radical (unpaired) electrons. The van der Waals surface area contributed by atoms with Gasteiger partial charge in [0.1, 0.15) is 18.2 Å². The van der Waals surface area contributed by atoms with E-state index in [-0.39, 0.29) is 17.7 Å². The molecule has 0 heterocycles. The highest BCUT2D eigenvalue weighted by Crippen LogP contribution is 2.31. The number of carbonyl (C=O) groups is 1. The molecule has 188 valence electrons. The summed E-state index contributed by atoms with van der Waals surface area (Å²) in [6.07, 6.45) is 0.865. The van der Waals surface area contributed by atoms with Crippen molar-refractivity contribution in [3.05, 3.63) is 120 Å². The molecule has 0 bridgehead atoms. The fourth-order valence-electron chi connectivity index (χ4n) is 3.69. The molecule has 0 aliphatic carbocycles. The monoisotopic (exact) mass is 504 g/mol. The van der Waals surface area contributed by atoms with Gasteiger partial charge in [-0.05, 0) is 60.0 Å². The molecule has 37 heavy (non-hydrogen) atoms. The summed E-state index contributed by atoms with van der Waals surface area (Å²) in [6.45, 7) is 5.39. The number of rotatable bonds is 8. The quantitative estimate of drug-likeness (QED) is 0.156. The van der Waals surface area contributed by atoms with Gasteiger partial charge in [-0.1, -0.05) is 49.1 Å². The van der Waals surface area contributed by atoms with Crippen molar-refractivity contribution < 1.29 is 32.5 Å². The lowest BCUT2D eigenvalue weighted by Gasteiger charge is -2.11. The molecule has 4 rings (SSSR count). The molecule has 0 spiro atoms. The molecule has 4 nitrogen and oxygen atoms in total. The maximum absolute atomic E-state index is 14.8. The van der Waals surface area contributed by atoms with Crippen LogP contribution in [0.25, 0.3) is 22.3 Å². The minimum Gasteiger partial charge on any atom is -0.489 e. The molecular weight excluding hydrogens is 481 g/mol. The Morgan fingerprint density at radius 2 is 1.51 bits per heavy atom. The highest BCUT2D eigenvalue weighted by atomic mass is 19.2. The number of benzene rings is 4. The van der Waals surface area contributed by atoms with Crippen LogP contribution < -0.4 is 9.47 Å². The van der Waals surface area contributed by atoms with Crippen molar-refractivity contribution in [2.75, 3.05) is 6.61 Å². The third-order valence-electron chi connectivity index (χ3n) is 5.69. The molecule has 7 heteroatoms. The minimum absolute atomic E-state index is 0.0123. The van der Waals surface area contributed by atoms with E-state index in [9.17, 15) is 23.1 Å². The van der Waals surface area contributed by atoms with E-state index in [1.54, 1.807) is 49.4 Å². The van der Waals surface area contributed by atoms with Gasteiger partial charge in [0.05, 0.1) is 11.7 Å². The molecule has 4 aromatic rings. The van der Waals surface area contributed by atoms with Gasteiger partial charge in [0, 0.05) is 17.2 Å². The lowest BCUT2D eigenvalue weighted by Crippen LogP contribution is -2.10. The van der Waals surface area contributed by atoms with E-state index in [1.165, 1.54) is 42.5 Å². The molecular formula is C30H23F3O4. The highest BCUT2D eigenvalue weighted by molar-refractivity contribution is 5.91. The first-order chi connectivity index (χ1) is 17.8. The van der Waals surface area contributed by atoms with Gasteiger partial charge in [-0.2, -0.15) is 4.39 Å². The van der Waals surface area contributed by atoms with Crippen molar-refractivity contribution in [3.8, 4) is 33.8 Å². The average Bonchev–Trinajstić information content (AvgIpc) is 2.90. The molecule has 1 unspecified atom stereocenters. The summed E-state index contributed by atoms with van der Waals surface area (Å²) in [5.41, 5.74) is 1.92. The summed E-state index contributed by atoms with van der Waals surface area (Å²) >= 11 is 0. The fourth-order valence-corrected chi connectivity index (χ4v) is 3.69. The largest absolute Gasteiger partial charge is 0.489 e. The van der Waals surface area contributed by atoms with Gasteiger partial charge in [0.15, 0.2) is 11.6 Å². The molecule has 0 aliphatic heterocycles. The molecule has 0 aromatic heterocycles. The van der Waals surface area contributed by atoms with Crippen LogP contribution in [-0.2, 0) is 0 Å². The Morgan fingerprint density at radius 3 is 2.14 bits per heavy atom. The van der Waals surface area contributed by atoms with Crippen molar-refractivity contribution in [1.29, 1.82) is 0 Å². The Morgan fingerprint density at radius 1 is 0.892 bits per heavy atom. The number of esters is 1. The lowest BCUT2D eigenvalue weighted by molar-refractivity contribution is 0.0726. The minimum atomic E-state index is -1.30. The summed E-state index contributed by atoms with van der Waals surface area (Å²) in [6, 6.07) is 19.1. The maximum Gasteiger partial charge on any atom is 0.343 e. The Kier molecular flexibility index (Phi) is 7.74. The number of halogens is 3. The van der Waals surface area contributed by atoms with Crippen molar-refractivity contribution >= 4 is 5.97 Å². The van der Waals surface area contributed by atoms with Gasteiger partial charge in [0.25, 0.3) is 0 Å². The zero-order valence-corrected chi connectivity index (χ0v) is 19.9. The van der Waals surface area contributed by atoms with E-state index >= 15 is 0 Å². The molecule has 1 N–H and O–H groups in total. The predicted octanol–water partition coefficient (Wildman–Crippen LogP) is 7.28. The molecule has 0 saturated carbocycles. The number of hydrogen-bond donors (Lipinski definition) is 1. The van der Waals surface area contributed by atoms with E-state index in [0.29, 0.717) is 28.0 Å². The summed E-state index contributed by atoms with van der Waals surface area (Å²) in [5, 5.41) is 9.61. The van der Waals surface area contributed by atoms with Crippen LogP contribution in [0.1, 0.15) is 28.9 Å². The van der Waals surface area contributed by atoms with E-state index in [2.05, 4.69) is 6.58 Å². The molecule has 0 saturated heterocycles. The number of aliphatic hydroxyl groups excluding tert-OH is 1. The van der Waals surface area contributed by atoms with Gasteiger partial charge >= 0.3 is 5.97 Å². The van der Waals surface area contributed by atoms with Crippen LogP contribution >= 0.6 is 0 Å². The third kappa shape index (κ3) is 5.73. The van der Waals surface area contributed by atoms with Crippen molar-refractivity contribution in [3.63, 3.8) is 0 Å². The number of aliphatic hydroxyl groups is 1. The summed E-state index contributed by atoms with van der Waals surface area (Å²) < 4.78 is 54.4. The van der Waals surface area contributed by atoms with Crippen LogP contribution in [0.2, 0.25) is 0 Å². The molecule has 0 amide bonds.